The first-order chi connectivity index (χ1) is 6.33. The van der Waals surface area contributed by atoms with E-state index in [4.69, 9.17) is 0 Å². The number of hydrogen-bond acceptors (Lipinski definition) is 1. The summed E-state index contributed by atoms with van der Waals surface area (Å²) >= 11 is 1.97. The fourth-order valence-corrected chi connectivity index (χ4v) is 2.02. The van der Waals surface area contributed by atoms with E-state index in [1.165, 1.54) is 24.2 Å². The summed E-state index contributed by atoms with van der Waals surface area (Å²) in [5.41, 5.74) is 1.44. The molecule has 0 fully saturated rings. The van der Waals surface area contributed by atoms with Gasteiger partial charge >= 0.3 is 0 Å². The van der Waals surface area contributed by atoms with Crippen molar-refractivity contribution in [3.63, 3.8) is 0 Å². The predicted octanol–water partition coefficient (Wildman–Crippen LogP) is 3.92. The molecule has 0 heterocycles. The third kappa shape index (κ3) is 4.28. The zero-order valence-electron chi connectivity index (χ0n) is 8.42. The Morgan fingerprint density at radius 3 is 2.54 bits per heavy atom. The molecule has 0 aromatic heterocycles. The quantitative estimate of drug-likeness (QED) is 0.639. The molecule has 1 aromatic carbocycles. The molecule has 0 atom stereocenters. The van der Waals surface area contributed by atoms with Crippen LogP contribution in [0.15, 0.2) is 30.3 Å². The van der Waals surface area contributed by atoms with Crippen LogP contribution in [0.2, 0.25) is 0 Å². The first-order valence-electron chi connectivity index (χ1n) is 4.82. The average Bonchev–Trinajstić information content (AvgIpc) is 2.17. The van der Waals surface area contributed by atoms with E-state index < -0.39 is 0 Å². The minimum Gasteiger partial charge on any atom is -0.0622 e. The molecule has 0 N–H and O–H groups in total. The zero-order chi connectivity index (χ0) is 9.52. The normalized spacial score (nSPS) is 10.0. The van der Waals surface area contributed by atoms with Gasteiger partial charge in [0.25, 0.3) is 0 Å². The molecule has 0 aliphatic heterocycles. The number of benzene rings is 1. The smallest absolute Gasteiger partial charge is 0.0622 e. The molecule has 0 bridgehead atoms. The third-order valence-corrected chi connectivity index (χ3v) is 2.98. The maximum Gasteiger partial charge on any atom is 0.154 e. The number of hydrogen-bond donors (Lipinski definition) is 0. The van der Waals surface area contributed by atoms with E-state index in [2.05, 4.69) is 44.2 Å². The molecule has 0 aliphatic carbocycles. The molecule has 1 aromatic rings. The van der Waals surface area contributed by atoms with E-state index in [9.17, 15) is 0 Å². The first-order valence-corrected chi connectivity index (χ1v) is 5.80. The maximum absolute atomic E-state index is 2.23. The lowest BCUT2D eigenvalue weighted by atomic mass is 10.1. The molecule has 0 amide bonds. The van der Waals surface area contributed by atoms with Crippen molar-refractivity contribution in [2.75, 3.05) is 5.75 Å². The summed E-state index contributed by atoms with van der Waals surface area (Å²) in [6.07, 6.45) is 2.39. The largest absolute Gasteiger partial charge is 0.154 e. The highest BCUT2D eigenvalue weighted by Crippen LogP contribution is 2.23. The molecule has 0 saturated heterocycles. The fourth-order valence-electron chi connectivity index (χ4n) is 1.28. The fraction of sp³-hybridized carbons (Fsp3) is 0.417. The summed E-state index contributed by atoms with van der Waals surface area (Å²) < 4.78 is 0. The van der Waals surface area contributed by atoms with Crippen molar-refractivity contribution in [3.8, 4) is 0 Å². The SMILES string of the molecule is CCS[C+](C)CCc1ccccc1. The van der Waals surface area contributed by atoms with E-state index in [-0.39, 0.29) is 0 Å². The van der Waals surface area contributed by atoms with Gasteiger partial charge < -0.3 is 0 Å². The molecule has 0 radical (unpaired) electrons. The Morgan fingerprint density at radius 1 is 1.23 bits per heavy atom. The van der Waals surface area contributed by atoms with Gasteiger partial charge in [0.1, 0.15) is 6.42 Å². The summed E-state index contributed by atoms with van der Waals surface area (Å²) in [7, 11) is 0. The summed E-state index contributed by atoms with van der Waals surface area (Å²) in [6, 6.07) is 10.7. The number of aryl methyl sites for hydroxylation is 1. The molecule has 0 unspecified atom stereocenters. The van der Waals surface area contributed by atoms with Crippen LogP contribution in [-0.4, -0.2) is 5.75 Å². The molecule has 13 heavy (non-hydrogen) atoms. The number of thioether (sulfide) groups is 1. The molecule has 70 valence electrons. The van der Waals surface area contributed by atoms with Crippen LogP contribution in [0.4, 0.5) is 0 Å². The van der Waals surface area contributed by atoms with Crippen LogP contribution in [0, 0.1) is 5.25 Å². The zero-order valence-corrected chi connectivity index (χ0v) is 9.23. The van der Waals surface area contributed by atoms with Crippen molar-refractivity contribution in [1.82, 2.24) is 0 Å². The van der Waals surface area contributed by atoms with Crippen LogP contribution < -0.4 is 0 Å². The molecule has 0 nitrogen and oxygen atoms in total. The average molecular weight is 193 g/mol. The lowest BCUT2D eigenvalue weighted by molar-refractivity contribution is 0.913. The second kappa shape index (κ2) is 5.98. The van der Waals surface area contributed by atoms with E-state index in [0.717, 1.165) is 0 Å². The van der Waals surface area contributed by atoms with Gasteiger partial charge in [-0.1, -0.05) is 37.3 Å². The van der Waals surface area contributed by atoms with Crippen LogP contribution in [0.3, 0.4) is 0 Å². The van der Waals surface area contributed by atoms with Crippen molar-refractivity contribution < 1.29 is 0 Å². The molecular formula is C12H17S+. The van der Waals surface area contributed by atoms with Crippen LogP contribution in [0.25, 0.3) is 0 Å². The van der Waals surface area contributed by atoms with Gasteiger partial charge in [-0.05, 0) is 5.56 Å². The summed E-state index contributed by atoms with van der Waals surface area (Å²) in [6.45, 7) is 4.44. The Kier molecular flexibility index (Phi) is 4.84. The standard InChI is InChI=1S/C12H17S/c1-3-13-11(2)9-10-12-7-5-4-6-8-12/h4-8H,3,9-10H2,1-2H3/q+1. The van der Waals surface area contributed by atoms with Crippen molar-refractivity contribution in [3.05, 3.63) is 41.1 Å². The maximum atomic E-state index is 2.23. The van der Waals surface area contributed by atoms with Crippen molar-refractivity contribution in [2.24, 2.45) is 0 Å². The van der Waals surface area contributed by atoms with Gasteiger partial charge in [-0.15, -0.1) is 0 Å². The summed E-state index contributed by atoms with van der Waals surface area (Å²) in [5, 5.41) is 1.55. The Hall–Kier alpha value is -0.560. The van der Waals surface area contributed by atoms with E-state index in [0.29, 0.717) is 0 Å². The van der Waals surface area contributed by atoms with Gasteiger partial charge in [-0.2, -0.15) is 0 Å². The molecule has 0 spiro atoms. The molecule has 1 heteroatoms. The lowest BCUT2D eigenvalue weighted by Gasteiger charge is -1.98. The Morgan fingerprint density at radius 2 is 1.92 bits per heavy atom. The minimum atomic E-state index is 1.18. The summed E-state index contributed by atoms with van der Waals surface area (Å²) in [4.78, 5) is 0. The third-order valence-electron chi connectivity index (χ3n) is 2.00. The monoisotopic (exact) mass is 193 g/mol. The molecular weight excluding hydrogens is 176 g/mol. The second-order valence-corrected chi connectivity index (χ2v) is 4.68. The van der Waals surface area contributed by atoms with Crippen LogP contribution >= 0.6 is 11.8 Å². The lowest BCUT2D eigenvalue weighted by Crippen LogP contribution is -1.91. The van der Waals surface area contributed by atoms with Gasteiger partial charge in [0.2, 0.25) is 0 Å². The van der Waals surface area contributed by atoms with Gasteiger partial charge in [0, 0.05) is 12.2 Å². The van der Waals surface area contributed by atoms with E-state index in [1.54, 1.807) is 5.25 Å². The second-order valence-electron chi connectivity index (χ2n) is 3.12. The predicted molar refractivity (Wildman–Crippen MR) is 61.8 cm³/mol. The van der Waals surface area contributed by atoms with Gasteiger partial charge in [0.05, 0.1) is 18.7 Å². The minimum absolute atomic E-state index is 1.18. The van der Waals surface area contributed by atoms with Crippen LogP contribution in [0.1, 0.15) is 25.8 Å². The molecule has 0 aliphatic rings. The highest BCUT2D eigenvalue weighted by Gasteiger charge is 2.12. The Balaban J connectivity index is 2.27. The van der Waals surface area contributed by atoms with Crippen molar-refractivity contribution in [2.45, 2.75) is 26.7 Å². The number of rotatable bonds is 5. The van der Waals surface area contributed by atoms with Gasteiger partial charge in [-0.3, -0.25) is 0 Å². The van der Waals surface area contributed by atoms with E-state index in [1.807, 2.05) is 11.8 Å². The first kappa shape index (κ1) is 10.5. The van der Waals surface area contributed by atoms with Crippen molar-refractivity contribution >= 4 is 11.8 Å². The van der Waals surface area contributed by atoms with Crippen LogP contribution in [0.5, 0.6) is 0 Å². The highest BCUT2D eigenvalue weighted by molar-refractivity contribution is 8.02. The molecule has 1 rings (SSSR count). The van der Waals surface area contributed by atoms with Gasteiger partial charge in [-0.25, -0.2) is 0 Å². The Bertz CT molecular complexity index is 218. The topological polar surface area (TPSA) is 0 Å². The molecule has 0 saturated carbocycles. The highest BCUT2D eigenvalue weighted by atomic mass is 32.2. The Labute approximate surface area is 85.7 Å². The summed E-state index contributed by atoms with van der Waals surface area (Å²) in [5.74, 6) is 1.20. The van der Waals surface area contributed by atoms with Crippen molar-refractivity contribution in [1.29, 1.82) is 0 Å². The van der Waals surface area contributed by atoms with E-state index >= 15 is 0 Å². The van der Waals surface area contributed by atoms with Gasteiger partial charge in [0.15, 0.2) is 5.25 Å². The van der Waals surface area contributed by atoms with Crippen LogP contribution in [-0.2, 0) is 6.42 Å².